The van der Waals surface area contributed by atoms with Crippen molar-refractivity contribution < 1.29 is 70.4 Å². The lowest BCUT2D eigenvalue weighted by Gasteiger charge is -2.11. The second-order valence-electron chi connectivity index (χ2n) is 34.6. The maximum atomic E-state index is 11.8. The topological polar surface area (TPSA) is 236 Å². The number of unbranched alkanes of at least 4 members (excludes halogenated alkanes) is 16. The molecule has 17 nitrogen and oxygen atoms in total. The van der Waals surface area contributed by atoms with Gasteiger partial charge in [-0.2, -0.15) is 20.1 Å². The van der Waals surface area contributed by atoms with Crippen LogP contribution in [0.25, 0.3) is 0 Å². The molecule has 0 bridgehead atoms. The third-order valence-electron chi connectivity index (χ3n) is 22.7. The van der Waals surface area contributed by atoms with Crippen LogP contribution in [0.3, 0.4) is 0 Å². The van der Waals surface area contributed by atoms with Crippen LogP contribution in [0, 0.1) is 131 Å². The molecule has 0 amide bonds. The molecule has 2 saturated heterocycles. The van der Waals surface area contributed by atoms with E-state index in [2.05, 4.69) is 198 Å². The predicted molar refractivity (Wildman–Crippen MR) is 590 cm³/mol. The van der Waals surface area contributed by atoms with Gasteiger partial charge in [-0.15, -0.1) is 31.1 Å². The summed E-state index contributed by atoms with van der Waals surface area (Å²) in [5, 5.41) is 24.2. The highest BCUT2D eigenvalue weighted by molar-refractivity contribution is 9.11. The molecular weight excluding hydrogens is 1880 g/mol. The minimum atomic E-state index is -2.89. The molecule has 8 fully saturated rings. The zero-order chi connectivity index (χ0) is 104. The molecule has 2 aliphatic heterocycles. The summed E-state index contributed by atoms with van der Waals surface area (Å²) < 4.78 is 54.6. The van der Waals surface area contributed by atoms with E-state index in [4.69, 9.17) is 61.3 Å². The van der Waals surface area contributed by atoms with Crippen LogP contribution in [-0.4, -0.2) is 116 Å². The number of halogens is 2. The van der Waals surface area contributed by atoms with E-state index < -0.39 is 22.2 Å². The Morgan fingerprint density at radius 1 is 0.460 bits per heavy atom. The summed E-state index contributed by atoms with van der Waals surface area (Å²) in [6.07, 6.45) is 117. The molecule has 0 aromatic rings. The first kappa shape index (κ1) is 145. The van der Waals surface area contributed by atoms with Crippen LogP contribution < -0.4 is 0 Å². The normalized spacial score (nSPS) is 16.1. The van der Waals surface area contributed by atoms with Crippen molar-refractivity contribution in [3.8, 4) is 49.2 Å². The maximum absolute atomic E-state index is 11.8. The number of rotatable bonds is 56. The molecule has 21 heteroatoms. The van der Waals surface area contributed by atoms with Gasteiger partial charge in [0.15, 0.2) is 0 Å². The first-order valence-corrected chi connectivity index (χ1v) is 57.5. The number of alkyl halides is 1. The van der Waals surface area contributed by atoms with Crippen LogP contribution in [0.5, 0.6) is 0 Å². The number of terminal acetylenes is 3. The zero-order valence-corrected chi connectivity index (χ0v) is 94.8. The van der Waals surface area contributed by atoms with Crippen molar-refractivity contribution in [2.45, 2.75) is 385 Å². The molecule has 8 rings (SSSR count). The van der Waals surface area contributed by atoms with Gasteiger partial charge >= 0.3 is 34.3 Å². The van der Waals surface area contributed by atoms with E-state index >= 15 is 0 Å². The Morgan fingerprint density at radius 2 is 0.781 bits per heavy atom. The van der Waals surface area contributed by atoms with Crippen molar-refractivity contribution in [2.24, 2.45) is 71.0 Å². The maximum Gasteiger partial charge on any atom is 0.384 e. The molecule has 0 radical (unpaired) electrons. The van der Waals surface area contributed by atoms with Crippen molar-refractivity contribution in [3.63, 3.8) is 0 Å². The highest BCUT2D eigenvalue weighted by atomic mass is 79.9. The largest absolute Gasteiger partial charge is 0.463 e. The summed E-state index contributed by atoms with van der Waals surface area (Å²) in [6, 6.07) is 3.50. The summed E-state index contributed by atoms with van der Waals surface area (Å²) in [4.78, 5) is 39.2. The van der Waals surface area contributed by atoms with Crippen molar-refractivity contribution in [1.29, 1.82) is 10.5 Å². The van der Waals surface area contributed by atoms with Gasteiger partial charge < -0.3 is 46.7 Å². The van der Waals surface area contributed by atoms with Crippen LogP contribution in [0.2, 0.25) is 0 Å². The van der Waals surface area contributed by atoms with Crippen LogP contribution in [0.15, 0.2) is 120 Å². The molecule has 6 atom stereocenters. The van der Waals surface area contributed by atoms with E-state index in [1.165, 1.54) is 317 Å². The fraction of sp³-hybridized carbons (Fsp3) is 0.733. The Hall–Kier alpha value is -5.32. The molecule has 788 valence electrons. The third kappa shape index (κ3) is 116. The number of carbonyl (C=O) groups excluding carboxylic acids is 4. The number of allylic oxidation sites excluding steroid dienone is 17. The molecule has 0 aromatic carbocycles. The van der Waals surface area contributed by atoms with E-state index in [1.807, 2.05) is 42.3 Å². The van der Waals surface area contributed by atoms with Gasteiger partial charge in [0.2, 0.25) is 0 Å². The smallest absolute Gasteiger partial charge is 0.384 e. The van der Waals surface area contributed by atoms with Gasteiger partial charge in [-0.05, 0) is 245 Å². The first-order chi connectivity index (χ1) is 66.7. The van der Waals surface area contributed by atoms with Crippen molar-refractivity contribution in [2.75, 3.05) is 93.3 Å². The number of aliphatic hydroxyl groups is 1. The Morgan fingerprint density at radius 3 is 1.01 bits per heavy atom. The summed E-state index contributed by atoms with van der Waals surface area (Å²) in [5.41, 5.74) is 0. The SMILES string of the molecule is C#CC(=O)OCC.C#CC(CCCCC)C1CC1.C#CCCCCCC.C/C=C/C(CCCCC)C1CC1.C1CCOC1.C1CCOC1.CC#N.CC#N.CC/C=C\Br.CCCCCC(/C=C/C=C\C(=O)OCC)C1CC1.CCCCCC(/C=C/C=C\CBr)C1CC1.CCCCCC(/C=C/C=C\CO)C1CC1.CCCCCC(/C=C/C=C\CP(=O)(OC)OC)C1CC1.COP(OC)OC.O=C=O. The highest BCUT2D eigenvalue weighted by Gasteiger charge is 2.33. The van der Waals surface area contributed by atoms with Gasteiger partial charge in [0.1, 0.15) is 0 Å². The van der Waals surface area contributed by atoms with Gasteiger partial charge in [-0.25, -0.2) is 9.59 Å². The van der Waals surface area contributed by atoms with Crippen molar-refractivity contribution >= 4 is 66.1 Å². The Kier molecular flexibility index (Phi) is 126. The number of aliphatic hydroxyl groups excluding tert-OH is 1. The number of nitrogens with zero attached hydrogens (tertiary/aromatic N) is 2. The lowest BCUT2D eigenvalue weighted by Crippen LogP contribution is -1.99. The van der Waals surface area contributed by atoms with Crippen LogP contribution in [0.1, 0.15) is 385 Å². The number of hydrogen-bond donors (Lipinski definition) is 1. The van der Waals surface area contributed by atoms with E-state index in [0.717, 1.165) is 104 Å². The molecule has 8 aliphatic rings. The Balaban J connectivity index is -0.000000273. The molecule has 6 unspecified atom stereocenters. The van der Waals surface area contributed by atoms with Crippen LogP contribution in [0.4, 0.5) is 0 Å². The molecular formula is C116H200Br2N2O15P2. The molecule has 6 aliphatic carbocycles. The molecule has 6 saturated carbocycles. The van der Waals surface area contributed by atoms with Gasteiger partial charge in [0.05, 0.1) is 38.1 Å². The minimum Gasteiger partial charge on any atom is -0.463 e. The van der Waals surface area contributed by atoms with Crippen molar-refractivity contribution in [1.82, 2.24) is 0 Å². The van der Waals surface area contributed by atoms with Gasteiger partial charge in [0.25, 0.3) is 0 Å². The third-order valence-corrected chi connectivity index (χ3v) is 26.1. The molecule has 2 heterocycles. The predicted octanol–water partition coefficient (Wildman–Crippen LogP) is 34.0. The summed E-state index contributed by atoms with van der Waals surface area (Å²) in [6.45, 7) is 31.3. The fourth-order valence-electron chi connectivity index (χ4n) is 14.1. The van der Waals surface area contributed by atoms with Gasteiger partial charge in [-0.3, -0.25) is 4.57 Å². The molecule has 1 N–H and O–H groups in total. The highest BCUT2D eigenvalue weighted by Crippen LogP contribution is 2.47. The molecule has 0 aromatic heterocycles. The first-order valence-electron chi connectivity index (χ1n) is 52.7. The Bertz CT molecular complexity index is 3130. The van der Waals surface area contributed by atoms with Gasteiger partial charge in [-0.1, -0.05) is 331 Å². The number of ether oxygens (including phenoxy) is 4. The van der Waals surface area contributed by atoms with E-state index in [0.29, 0.717) is 31.2 Å². The Labute approximate surface area is 860 Å². The van der Waals surface area contributed by atoms with E-state index in [-0.39, 0.29) is 18.7 Å². The monoisotopic (exact) mass is 2080 g/mol. The minimum absolute atomic E-state index is 0.147. The number of nitriles is 2. The zero-order valence-electron chi connectivity index (χ0n) is 89.8. The lowest BCUT2D eigenvalue weighted by molar-refractivity contribution is -0.191. The number of carbonyl (C=O) groups is 2. The molecule has 0 spiro atoms. The van der Waals surface area contributed by atoms with E-state index in [9.17, 15) is 14.2 Å². The second kappa shape index (κ2) is 119. The summed E-state index contributed by atoms with van der Waals surface area (Å²) in [7, 11) is 3.52. The lowest BCUT2D eigenvalue weighted by atomic mass is 9.96. The molecule has 137 heavy (non-hydrogen) atoms. The fourth-order valence-corrected chi connectivity index (χ4v) is 16.0. The summed E-state index contributed by atoms with van der Waals surface area (Å²) in [5.74, 6) is 16.8. The van der Waals surface area contributed by atoms with Crippen LogP contribution in [-0.2, 0) is 65.3 Å². The number of hydrogen-bond acceptors (Lipinski definition) is 17. The standard InChI is InChI=1S/C16H29O3P.C16H26O2.C14H23Br.C14H24O.C12H22.C11H18.C8H14.C5H6O2.C4H7Br.2C4H8O.C3H9O3P.2C2H3N.CO2/c1-4-5-7-10-15(16-12-13-16)11-8-6-9-14-20(17,18-2)19-3;1-3-5-6-9-14(15-12-13-15)10-7-8-11-16(17)18-4-2;2*1-2-3-5-8-13(14-10-11-14)9-6-4-7-12-15;1-3-5-6-8-11(7-4-2)12-9-10-12;1-3-5-6-7-10(4-2)11-8-9-11;1-3-5-7-8-6-4-2;1-3-5(6)7-4-2;1-2-3-4-5;2*1-2-4-5-3-1;1-4-7(5-2)6-3;2*1-2-3;2-1-3/h6,8-9,11,15-16H,4-5,7,10,12-14H2,1-3H3;7-8,10-11,14-15H,3-6,9,12-13H2,1-2H3;4,6-7,9,13-14H,2-3,5,8,10-12H2,1H3;4,6-7,9,13-15H,2-3,5,8,10-12H2,1H3;4,7,11-12H,3,5-6,8-10H2,1-2H3;2,10-11H,3,5-9H2,1H3;1H,4-8H2,2H3;1H,4H2,2H3;3-4H,2H2,1H3;2*1-4H2;1-3H3;2*1H3;/b9-6-,11-8+;10-7+,11-8-;2*7-4-,9-6+;7-4+;;;;4-3-;;;;;;. The van der Waals surface area contributed by atoms with Crippen LogP contribution >= 0.6 is 48.1 Å². The quantitative estimate of drug-likeness (QED) is 0.00686. The van der Waals surface area contributed by atoms with E-state index in [1.54, 1.807) is 58.5 Å². The average Bonchev–Trinajstić information content (AvgIpc) is 1.76. The number of esters is 2. The van der Waals surface area contributed by atoms with Crippen molar-refractivity contribution in [3.05, 3.63) is 120 Å². The summed E-state index contributed by atoms with van der Waals surface area (Å²) >= 11 is 6.52. The van der Waals surface area contributed by atoms with Gasteiger partial charge in [0, 0.05) is 105 Å². The average molecular weight is 2080 g/mol. The second-order valence-corrected chi connectivity index (χ2v) is 39.7.